The lowest BCUT2D eigenvalue weighted by Gasteiger charge is -2.18. The van der Waals surface area contributed by atoms with Crippen LogP contribution in [0.3, 0.4) is 0 Å². The molecule has 2 rings (SSSR count). The molecule has 0 radical (unpaired) electrons. The minimum atomic E-state index is -0.210. The standard InChI is InChI=1S/C14H16N2O3/c1-2-3-4-7-15-14(18)10-5-6-12-11(8-10)16-13(17)9-19-12/h2-3,5-6,8H,4,7,9H2,1H3,(H,15,18)(H,16,17)/b3-2+. The Kier molecular flexibility index (Phi) is 4.18. The Balaban J connectivity index is 2.02. The van der Waals surface area contributed by atoms with E-state index in [9.17, 15) is 9.59 Å². The Hall–Kier alpha value is -2.30. The molecular weight excluding hydrogens is 244 g/mol. The number of allylic oxidation sites excluding steroid dienone is 1. The number of benzene rings is 1. The van der Waals surface area contributed by atoms with Crippen molar-refractivity contribution in [2.24, 2.45) is 0 Å². The van der Waals surface area contributed by atoms with Crippen LogP contribution in [0, 0.1) is 0 Å². The van der Waals surface area contributed by atoms with Crippen LogP contribution in [0.2, 0.25) is 0 Å². The van der Waals surface area contributed by atoms with E-state index in [-0.39, 0.29) is 18.4 Å². The van der Waals surface area contributed by atoms with E-state index < -0.39 is 0 Å². The van der Waals surface area contributed by atoms with E-state index in [1.54, 1.807) is 18.2 Å². The van der Waals surface area contributed by atoms with Gasteiger partial charge in [-0.05, 0) is 31.5 Å². The van der Waals surface area contributed by atoms with Crippen molar-refractivity contribution in [1.82, 2.24) is 5.32 Å². The smallest absolute Gasteiger partial charge is 0.262 e. The van der Waals surface area contributed by atoms with E-state index in [4.69, 9.17) is 4.74 Å². The SMILES string of the molecule is C/C=C/CCNC(=O)c1ccc2c(c1)NC(=O)CO2. The molecule has 2 amide bonds. The van der Waals surface area contributed by atoms with Crippen molar-refractivity contribution in [2.45, 2.75) is 13.3 Å². The molecule has 0 atom stereocenters. The van der Waals surface area contributed by atoms with Crippen LogP contribution >= 0.6 is 0 Å². The third-order valence-electron chi connectivity index (χ3n) is 2.71. The number of carbonyl (C=O) groups excluding carboxylic acids is 2. The zero-order chi connectivity index (χ0) is 13.7. The summed E-state index contributed by atoms with van der Waals surface area (Å²) in [5.74, 6) is 0.218. The van der Waals surface area contributed by atoms with Crippen molar-refractivity contribution in [3.05, 3.63) is 35.9 Å². The van der Waals surface area contributed by atoms with Gasteiger partial charge in [-0.15, -0.1) is 0 Å². The van der Waals surface area contributed by atoms with Gasteiger partial charge in [0.25, 0.3) is 11.8 Å². The second kappa shape index (κ2) is 6.04. The van der Waals surface area contributed by atoms with Crippen LogP contribution < -0.4 is 15.4 Å². The zero-order valence-electron chi connectivity index (χ0n) is 10.7. The highest BCUT2D eigenvalue weighted by atomic mass is 16.5. The van der Waals surface area contributed by atoms with Crippen LogP contribution in [0.25, 0.3) is 0 Å². The topological polar surface area (TPSA) is 67.4 Å². The Morgan fingerprint density at radius 2 is 2.37 bits per heavy atom. The Morgan fingerprint density at radius 3 is 3.16 bits per heavy atom. The van der Waals surface area contributed by atoms with E-state index in [1.807, 2.05) is 19.1 Å². The lowest BCUT2D eigenvalue weighted by Crippen LogP contribution is -2.27. The van der Waals surface area contributed by atoms with Crippen LogP contribution in [0.1, 0.15) is 23.7 Å². The number of rotatable bonds is 4. The predicted octanol–water partition coefficient (Wildman–Crippen LogP) is 1.71. The van der Waals surface area contributed by atoms with Gasteiger partial charge in [-0.1, -0.05) is 12.2 Å². The van der Waals surface area contributed by atoms with E-state index in [2.05, 4.69) is 10.6 Å². The van der Waals surface area contributed by atoms with Crippen LogP contribution in [-0.2, 0) is 4.79 Å². The Bertz CT molecular complexity index is 523. The first kappa shape index (κ1) is 13.1. The molecule has 2 N–H and O–H groups in total. The van der Waals surface area contributed by atoms with E-state index in [1.165, 1.54) is 0 Å². The molecule has 0 unspecified atom stereocenters. The third kappa shape index (κ3) is 3.34. The van der Waals surface area contributed by atoms with Gasteiger partial charge in [-0.2, -0.15) is 0 Å². The highest BCUT2D eigenvalue weighted by Crippen LogP contribution is 2.28. The van der Waals surface area contributed by atoms with Gasteiger partial charge < -0.3 is 15.4 Å². The summed E-state index contributed by atoms with van der Waals surface area (Å²) >= 11 is 0. The number of hydrogen-bond donors (Lipinski definition) is 2. The quantitative estimate of drug-likeness (QED) is 0.639. The molecule has 0 aromatic heterocycles. The van der Waals surface area contributed by atoms with Gasteiger partial charge in [0.15, 0.2) is 6.61 Å². The maximum atomic E-state index is 11.9. The molecule has 1 aromatic rings. The monoisotopic (exact) mass is 260 g/mol. The molecule has 0 bridgehead atoms. The van der Waals surface area contributed by atoms with Crippen molar-refractivity contribution in [2.75, 3.05) is 18.5 Å². The summed E-state index contributed by atoms with van der Waals surface area (Å²) in [6.45, 7) is 2.54. The lowest BCUT2D eigenvalue weighted by atomic mass is 10.1. The average molecular weight is 260 g/mol. The first-order valence-corrected chi connectivity index (χ1v) is 6.17. The van der Waals surface area contributed by atoms with Crippen molar-refractivity contribution in [3.63, 3.8) is 0 Å². The van der Waals surface area contributed by atoms with Gasteiger partial charge in [0, 0.05) is 12.1 Å². The van der Waals surface area contributed by atoms with Gasteiger partial charge in [0.1, 0.15) is 5.75 Å². The number of carbonyl (C=O) groups is 2. The number of hydrogen-bond acceptors (Lipinski definition) is 3. The molecule has 1 aliphatic rings. The molecule has 0 saturated carbocycles. The van der Waals surface area contributed by atoms with Crippen molar-refractivity contribution < 1.29 is 14.3 Å². The summed E-state index contributed by atoms with van der Waals surface area (Å²) in [5.41, 5.74) is 1.04. The highest BCUT2D eigenvalue weighted by Gasteiger charge is 2.17. The average Bonchev–Trinajstić information content (AvgIpc) is 2.42. The lowest BCUT2D eigenvalue weighted by molar-refractivity contribution is -0.118. The fourth-order valence-electron chi connectivity index (χ4n) is 1.76. The third-order valence-corrected chi connectivity index (χ3v) is 2.71. The van der Waals surface area contributed by atoms with Crippen molar-refractivity contribution >= 4 is 17.5 Å². The summed E-state index contributed by atoms with van der Waals surface area (Å²) in [5, 5.41) is 5.48. The second-order valence-electron chi connectivity index (χ2n) is 4.16. The minimum absolute atomic E-state index is 0.0158. The first-order valence-electron chi connectivity index (χ1n) is 6.17. The molecule has 0 fully saturated rings. The van der Waals surface area contributed by atoms with Crippen LogP contribution in [0.5, 0.6) is 5.75 Å². The molecule has 5 nitrogen and oxygen atoms in total. The summed E-state index contributed by atoms with van der Waals surface area (Å²) in [6.07, 6.45) is 4.73. The number of nitrogens with one attached hydrogen (secondary N) is 2. The Labute approximate surface area is 111 Å². The van der Waals surface area contributed by atoms with Crippen LogP contribution in [-0.4, -0.2) is 25.0 Å². The van der Waals surface area contributed by atoms with Crippen LogP contribution in [0.4, 0.5) is 5.69 Å². The molecule has 1 aromatic carbocycles. The fourth-order valence-corrected chi connectivity index (χ4v) is 1.76. The normalized spacial score (nSPS) is 13.6. The summed E-state index contributed by atoms with van der Waals surface area (Å²) < 4.78 is 5.23. The summed E-state index contributed by atoms with van der Waals surface area (Å²) in [7, 11) is 0. The maximum Gasteiger partial charge on any atom is 0.262 e. The molecule has 1 heterocycles. The molecular formula is C14H16N2O3. The summed E-state index contributed by atoms with van der Waals surface area (Å²) in [6, 6.07) is 4.99. The Morgan fingerprint density at radius 1 is 1.53 bits per heavy atom. The molecule has 0 aliphatic carbocycles. The van der Waals surface area contributed by atoms with E-state index >= 15 is 0 Å². The molecule has 5 heteroatoms. The minimum Gasteiger partial charge on any atom is -0.482 e. The van der Waals surface area contributed by atoms with Crippen molar-refractivity contribution in [3.8, 4) is 5.75 Å². The first-order chi connectivity index (χ1) is 9.20. The molecule has 100 valence electrons. The van der Waals surface area contributed by atoms with Crippen LogP contribution in [0.15, 0.2) is 30.4 Å². The number of ether oxygens (including phenoxy) is 1. The highest BCUT2D eigenvalue weighted by molar-refractivity contribution is 5.99. The van der Waals surface area contributed by atoms with E-state index in [0.717, 1.165) is 6.42 Å². The second-order valence-corrected chi connectivity index (χ2v) is 4.16. The predicted molar refractivity (Wildman–Crippen MR) is 72.3 cm³/mol. The van der Waals surface area contributed by atoms with E-state index in [0.29, 0.717) is 23.5 Å². The molecule has 0 spiro atoms. The maximum absolute atomic E-state index is 11.9. The largest absolute Gasteiger partial charge is 0.482 e. The molecule has 0 saturated heterocycles. The number of amides is 2. The van der Waals surface area contributed by atoms with Gasteiger partial charge in [0.2, 0.25) is 0 Å². The molecule has 1 aliphatic heterocycles. The molecule has 19 heavy (non-hydrogen) atoms. The van der Waals surface area contributed by atoms with Gasteiger partial charge >= 0.3 is 0 Å². The van der Waals surface area contributed by atoms with Crippen molar-refractivity contribution in [1.29, 1.82) is 0 Å². The van der Waals surface area contributed by atoms with Gasteiger partial charge in [0.05, 0.1) is 5.69 Å². The zero-order valence-corrected chi connectivity index (χ0v) is 10.7. The fraction of sp³-hybridized carbons (Fsp3) is 0.286. The number of fused-ring (bicyclic) bond motifs is 1. The summed E-state index contributed by atoms with van der Waals surface area (Å²) in [4.78, 5) is 23.1. The number of anilines is 1. The van der Waals surface area contributed by atoms with Gasteiger partial charge in [-0.25, -0.2) is 0 Å². The van der Waals surface area contributed by atoms with Gasteiger partial charge in [-0.3, -0.25) is 9.59 Å².